The molecule has 1 aromatic rings. The third-order valence-corrected chi connectivity index (χ3v) is 1.90. The fourth-order valence-corrected chi connectivity index (χ4v) is 1.08. The normalized spacial score (nSPS) is 12.1. The zero-order valence-corrected chi connectivity index (χ0v) is 8.93. The highest BCUT2D eigenvalue weighted by Gasteiger charge is 2.15. The van der Waals surface area contributed by atoms with Crippen LogP contribution in [0.4, 0.5) is 23.7 Å². The summed E-state index contributed by atoms with van der Waals surface area (Å²) >= 11 is 0. The van der Waals surface area contributed by atoms with Crippen LogP contribution in [0.3, 0.4) is 0 Å². The van der Waals surface area contributed by atoms with Crippen molar-refractivity contribution in [1.82, 2.24) is 5.32 Å². The maximum absolute atomic E-state index is 13.1. The van der Waals surface area contributed by atoms with Gasteiger partial charge < -0.3 is 15.7 Å². The Balaban J connectivity index is 2.78. The molecule has 7 heteroatoms. The number of rotatable bonds is 3. The second kappa shape index (κ2) is 5.53. The minimum Gasteiger partial charge on any atom is -0.394 e. The van der Waals surface area contributed by atoms with Gasteiger partial charge in [-0.3, -0.25) is 0 Å². The number of anilines is 1. The molecule has 1 atom stereocenters. The van der Waals surface area contributed by atoms with E-state index >= 15 is 0 Å². The molecule has 2 amide bonds. The summed E-state index contributed by atoms with van der Waals surface area (Å²) in [6.45, 7) is 1.18. The van der Waals surface area contributed by atoms with Crippen molar-refractivity contribution in [3.8, 4) is 0 Å². The van der Waals surface area contributed by atoms with Gasteiger partial charge in [-0.15, -0.1) is 0 Å². The molecule has 0 fully saturated rings. The Hall–Kier alpha value is -1.76. The number of aliphatic hydroxyl groups excluding tert-OH is 1. The first-order valence-corrected chi connectivity index (χ1v) is 4.77. The molecule has 0 bridgehead atoms. The lowest BCUT2D eigenvalue weighted by Gasteiger charge is -2.12. The lowest BCUT2D eigenvalue weighted by Crippen LogP contribution is -2.38. The molecule has 0 spiro atoms. The molecule has 0 aliphatic rings. The van der Waals surface area contributed by atoms with E-state index in [1.165, 1.54) is 6.92 Å². The van der Waals surface area contributed by atoms with Crippen LogP contribution in [-0.4, -0.2) is 23.8 Å². The van der Waals surface area contributed by atoms with Gasteiger partial charge in [-0.2, -0.15) is 0 Å². The van der Waals surface area contributed by atoms with Gasteiger partial charge in [-0.1, -0.05) is 0 Å². The first-order valence-electron chi connectivity index (χ1n) is 4.77. The average molecular weight is 248 g/mol. The smallest absolute Gasteiger partial charge is 0.319 e. The first-order chi connectivity index (χ1) is 7.93. The predicted molar refractivity (Wildman–Crippen MR) is 55.0 cm³/mol. The van der Waals surface area contributed by atoms with Crippen LogP contribution >= 0.6 is 0 Å². The van der Waals surface area contributed by atoms with Gasteiger partial charge in [-0.25, -0.2) is 18.0 Å². The van der Waals surface area contributed by atoms with Crippen LogP contribution in [0.2, 0.25) is 0 Å². The van der Waals surface area contributed by atoms with E-state index in [-0.39, 0.29) is 6.61 Å². The van der Waals surface area contributed by atoms with Gasteiger partial charge in [0.2, 0.25) is 0 Å². The highest BCUT2D eigenvalue weighted by Crippen LogP contribution is 2.19. The summed E-state index contributed by atoms with van der Waals surface area (Å²) < 4.78 is 38.8. The van der Waals surface area contributed by atoms with Gasteiger partial charge in [0.05, 0.1) is 12.6 Å². The Kier molecular flexibility index (Phi) is 4.33. The van der Waals surface area contributed by atoms with Crippen molar-refractivity contribution >= 4 is 11.7 Å². The molecule has 1 rings (SSSR count). The third-order valence-electron chi connectivity index (χ3n) is 1.90. The van der Waals surface area contributed by atoms with Gasteiger partial charge in [-0.05, 0) is 6.92 Å². The molecule has 17 heavy (non-hydrogen) atoms. The number of carbonyl (C=O) groups is 1. The molecule has 0 heterocycles. The van der Waals surface area contributed by atoms with Crippen LogP contribution in [0.15, 0.2) is 12.1 Å². The van der Waals surface area contributed by atoms with E-state index in [9.17, 15) is 18.0 Å². The Morgan fingerprint density at radius 2 is 1.88 bits per heavy atom. The second-order valence-electron chi connectivity index (χ2n) is 3.43. The van der Waals surface area contributed by atoms with Crippen molar-refractivity contribution in [1.29, 1.82) is 0 Å². The summed E-state index contributed by atoms with van der Waals surface area (Å²) in [4.78, 5) is 11.2. The number of aliphatic hydroxyl groups is 1. The molecule has 0 aliphatic heterocycles. The minimum absolute atomic E-state index is 0.318. The summed E-state index contributed by atoms with van der Waals surface area (Å²) in [5.74, 6) is -3.50. The van der Waals surface area contributed by atoms with E-state index in [4.69, 9.17) is 5.11 Å². The van der Waals surface area contributed by atoms with E-state index in [1.807, 2.05) is 5.32 Å². The summed E-state index contributed by atoms with van der Waals surface area (Å²) in [6, 6.07) is -0.556. The van der Waals surface area contributed by atoms with Crippen LogP contribution in [0.1, 0.15) is 6.92 Å². The topological polar surface area (TPSA) is 61.4 Å². The third kappa shape index (κ3) is 3.63. The maximum atomic E-state index is 13.1. The molecule has 1 aromatic carbocycles. The van der Waals surface area contributed by atoms with Gasteiger partial charge in [0.15, 0.2) is 11.6 Å². The predicted octanol–water partition coefficient (Wildman–Crippen LogP) is 1.61. The Morgan fingerprint density at radius 3 is 2.35 bits per heavy atom. The standard InChI is InChI=1S/C10H11F3N2O2/c1-5(4-16)14-10(17)15-9-7(12)2-6(11)3-8(9)13/h2-3,5,16H,4H2,1H3,(H2,14,15,17). The van der Waals surface area contributed by atoms with E-state index in [0.29, 0.717) is 12.1 Å². The summed E-state index contributed by atoms with van der Waals surface area (Å²) in [5, 5.41) is 12.8. The molecule has 0 aliphatic carbocycles. The van der Waals surface area contributed by atoms with Gasteiger partial charge in [0.25, 0.3) is 0 Å². The SMILES string of the molecule is CC(CO)NC(=O)Nc1c(F)cc(F)cc1F. The van der Waals surface area contributed by atoms with E-state index in [0.717, 1.165) is 0 Å². The lowest BCUT2D eigenvalue weighted by molar-refractivity contribution is 0.229. The van der Waals surface area contributed by atoms with Crippen molar-refractivity contribution in [2.24, 2.45) is 0 Å². The van der Waals surface area contributed by atoms with Gasteiger partial charge in [0, 0.05) is 12.1 Å². The fourth-order valence-electron chi connectivity index (χ4n) is 1.08. The Morgan fingerprint density at radius 1 is 1.35 bits per heavy atom. The van der Waals surface area contributed by atoms with Gasteiger partial charge >= 0.3 is 6.03 Å². The fraction of sp³-hybridized carbons (Fsp3) is 0.300. The van der Waals surface area contributed by atoms with Gasteiger partial charge in [0.1, 0.15) is 11.5 Å². The number of hydrogen-bond donors (Lipinski definition) is 3. The van der Waals surface area contributed by atoms with E-state index < -0.39 is 35.2 Å². The summed E-state index contributed by atoms with van der Waals surface area (Å²) in [5.41, 5.74) is -0.742. The molecule has 4 nitrogen and oxygen atoms in total. The molecule has 0 saturated carbocycles. The number of amides is 2. The molecule has 94 valence electrons. The lowest BCUT2D eigenvalue weighted by atomic mass is 10.3. The number of urea groups is 1. The van der Waals surface area contributed by atoms with Crippen LogP contribution < -0.4 is 10.6 Å². The molecule has 3 N–H and O–H groups in total. The second-order valence-corrected chi connectivity index (χ2v) is 3.43. The molecule has 0 aromatic heterocycles. The van der Waals surface area contributed by atoms with Crippen LogP contribution in [0.5, 0.6) is 0 Å². The van der Waals surface area contributed by atoms with Crippen LogP contribution in [0.25, 0.3) is 0 Å². The number of halogens is 3. The number of nitrogens with one attached hydrogen (secondary N) is 2. The van der Waals surface area contributed by atoms with Crippen molar-refractivity contribution < 1.29 is 23.1 Å². The molecule has 0 radical (unpaired) electrons. The molecule has 1 unspecified atom stereocenters. The molecule has 0 saturated heterocycles. The van der Waals surface area contributed by atoms with E-state index in [2.05, 4.69) is 5.32 Å². The Labute approximate surface area is 95.4 Å². The van der Waals surface area contributed by atoms with Crippen molar-refractivity contribution in [2.75, 3.05) is 11.9 Å². The van der Waals surface area contributed by atoms with Crippen LogP contribution in [0, 0.1) is 17.5 Å². The Bertz CT molecular complexity index is 403. The largest absolute Gasteiger partial charge is 0.394 e. The highest BCUT2D eigenvalue weighted by atomic mass is 19.1. The van der Waals surface area contributed by atoms with Crippen molar-refractivity contribution in [3.63, 3.8) is 0 Å². The van der Waals surface area contributed by atoms with Crippen molar-refractivity contribution in [2.45, 2.75) is 13.0 Å². The van der Waals surface area contributed by atoms with Crippen molar-refractivity contribution in [3.05, 3.63) is 29.6 Å². The summed E-state index contributed by atoms with van der Waals surface area (Å²) in [7, 11) is 0. The first kappa shape index (κ1) is 13.3. The quantitative estimate of drug-likeness (QED) is 0.761. The monoisotopic (exact) mass is 248 g/mol. The summed E-state index contributed by atoms with van der Waals surface area (Å²) in [6.07, 6.45) is 0. The van der Waals surface area contributed by atoms with Crippen LogP contribution in [-0.2, 0) is 0 Å². The highest BCUT2D eigenvalue weighted by molar-refractivity contribution is 5.89. The zero-order chi connectivity index (χ0) is 13.0. The van der Waals surface area contributed by atoms with E-state index in [1.54, 1.807) is 0 Å². The molecular weight excluding hydrogens is 237 g/mol. The number of benzene rings is 1. The average Bonchev–Trinajstić information content (AvgIpc) is 2.23. The maximum Gasteiger partial charge on any atom is 0.319 e. The zero-order valence-electron chi connectivity index (χ0n) is 8.93. The number of hydrogen-bond acceptors (Lipinski definition) is 2. The minimum atomic E-state index is -1.21. The number of carbonyl (C=O) groups excluding carboxylic acids is 1. The molecular formula is C10H11F3N2O2.